The van der Waals surface area contributed by atoms with Gasteiger partial charge >= 0.3 is 0 Å². The second-order valence-electron chi connectivity index (χ2n) is 9.25. The minimum Gasteiger partial charge on any atom is -0.492 e. The van der Waals surface area contributed by atoms with Crippen LogP contribution in [0.25, 0.3) is 22.6 Å². The number of imidazole rings is 1. The maximum absolute atomic E-state index is 11.2. The van der Waals surface area contributed by atoms with Gasteiger partial charge in [-0.15, -0.1) is 0 Å². The predicted molar refractivity (Wildman–Crippen MR) is 138 cm³/mol. The third-order valence-electron chi connectivity index (χ3n) is 6.11. The zero-order valence-electron chi connectivity index (χ0n) is 20.6. The predicted octanol–water partition coefficient (Wildman–Crippen LogP) is 3.32. The summed E-state index contributed by atoms with van der Waals surface area (Å²) in [5, 5.41) is 11.8. The molecule has 1 fully saturated rings. The molecule has 1 saturated carbocycles. The first-order chi connectivity index (χ1) is 17.8. The molecule has 37 heavy (non-hydrogen) atoms. The van der Waals surface area contributed by atoms with Gasteiger partial charge in [0.15, 0.2) is 11.2 Å². The third-order valence-corrected chi connectivity index (χ3v) is 6.42. The number of nitrogens with zero attached hydrogens (tertiary/aromatic N) is 5. The third kappa shape index (κ3) is 5.65. The van der Waals surface area contributed by atoms with Crippen LogP contribution in [0.2, 0.25) is 5.02 Å². The average molecular weight is 523 g/mol. The van der Waals surface area contributed by atoms with E-state index in [1.54, 1.807) is 18.3 Å². The van der Waals surface area contributed by atoms with Crippen LogP contribution in [0.3, 0.4) is 0 Å². The number of aliphatic hydroxyl groups excluding tert-OH is 1. The highest BCUT2D eigenvalue weighted by atomic mass is 35.5. The van der Waals surface area contributed by atoms with Gasteiger partial charge in [-0.1, -0.05) is 11.6 Å². The van der Waals surface area contributed by atoms with Gasteiger partial charge in [0.25, 0.3) is 0 Å². The molecule has 3 aromatic heterocycles. The molecule has 3 heterocycles. The largest absolute Gasteiger partial charge is 0.492 e. The fourth-order valence-corrected chi connectivity index (χ4v) is 4.14. The van der Waals surface area contributed by atoms with Gasteiger partial charge in [-0.25, -0.2) is 9.97 Å². The van der Waals surface area contributed by atoms with Gasteiger partial charge in [-0.3, -0.25) is 9.78 Å². The van der Waals surface area contributed by atoms with E-state index in [2.05, 4.69) is 27.2 Å². The van der Waals surface area contributed by atoms with Gasteiger partial charge in [0, 0.05) is 11.8 Å². The van der Waals surface area contributed by atoms with Gasteiger partial charge < -0.3 is 24.5 Å². The zero-order valence-corrected chi connectivity index (χ0v) is 21.3. The van der Waals surface area contributed by atoms with Gasteiger partial charge in [0.1, 0.15) is 36.7 Å². The van der Waals surface area contributed by atoms with E-state index in [9.17, 15) is 4.79 Å². The number of hydrogen-bond donors (Lipinski definition) is 2. The van der Waals surface area contributed by atoms with Crippen LogP contribution in [0.1, 0.15) is 31.0 Å². The van der Waals surface area contributed by atoms with Crippen molar-refractivity contribution >= 4 is 28.7 Å². The topological polar surface area (TPSA) is 124 Å². The van der Waals surface area contributed by atoms with Crippen LogP contribution in [-0.2, 0) is 11.3 Å². The average Bonchev–Trinajstić information content (AvgIpc) is 3.50. The SMILES string of the molecule is Cc1ccnc(Cn2c(-c3ccc(OCCNC(=O)CO)cc3Cl)nc3c(OC4(C)CC4)ncnc32)c1. The molecule has 0 unspecified atom stereocenters. The van der Waals surface area contributed by atoms with Crippen molar-refractivity contribution < 1.29 is 19.4 Å². The van der Waals surface area contributed by atoms with Crippen LogP contribution in [0.5, 0.6) is 11.6 Å². The number of aromatic nitrogens is 5. The number of halogens is 1. The Labute approximate surface area is 218 Å². The Kier molecular flexibility index (Phi) is 6.94. The normalized spacial score (nSPS) is 13.9. The molecule has 11 heteroatoms. The molecular weight excluding hydrogens is 496 g/mol. The second-order valence-corrected chi connectivity index (χ2v) is 9.65. The molecule has 0 saturated heterocycles. The fourth-order valence-electron chi connectivity index (χ4n) is 3.89. The van der Waals surface area contributed by atoms with Gasteiger partial charge in [-0.05, 0) is 62.6 Å². The summed E-state index contributed by atoms with van der Waals surface area (Å²) in [5.41, 5.74) is 3.62. The van der Waals surface area contributed by atoms with Gasteiger partial charge in [0.05, 0.1) is 23.8 Å². The lowest BCUT2D eigenvalue weighted by molar-refractivity contribution is -0.123. The molecule has 0 spiro atoms. The van der Waals surface area contributed by atoms with Crippen LogP contribution >= 0.6 is 11.6 Å². The lowest BCUT2D eigenvalue weighted by Crippen LogP contribution is -2.30. The van der Waals surface area contributed by atoms with Crippen molar-refractivity contribution in [2.45, 2.75) is 38.8 Å². The van der Waals surface area contributed by atoms with Crippen molar-refractivity contribution in [3.8, 4) is 23.0 Å². The van der Waals surface area contributed by atoms with Gasteiger partial charge in [-0.2, -0.15) is 4.98 Å². The molecule has 0 atom stereocenters. The quantitative estimate of drug-likeness (QED) is 0.304. The van der Waals surface area contributed by atoms with E-state index >= 15 is 0 Å². The summed E-state index contributed by atoms with van der Waals surface area (Å²) in [6.07, 6.45) is 5.21. The Morgan fingerprint density at radius 1 is 1.22 bits per heavy atom. The maximum Gasteiger partial charge on any atom is 0.245 e. The first-order valence-corrected chi connectivity index (χ1v) is 12.3. The maximum atomic E-state index is 11.2. The Balaban J connectivity index is 1.50. The molecule has 2 N–H and O–H groups in total. The monoisotopic (exact) mass is 522 g/mol. The van der Waals surface area contributed by atoms with E-state index < -0.39 is 12.5 Å². The number of carbonyl (C=O) groups excluding carboxylic acids is 1. The van der Waals surface area contributed by atoms with Crippen molar-refractivity contribution in [3.63, 3.8) is 0 Å². The highest BCUT2D eigenvalue weighted by Gasteiger charge is 2.41. The molecule has 1 aliphatic carbocycles. The minimum absolute atomic E-state index is 0.226. The zero-order chi connectivity index (χ0) is 26.0. The lowest BCUT2D eigenvalue weighted by Gasteiger charge is -2.12. The molecule has 1 aromatic carbocycles. The number of carbonyl (C=O) groups is 1. The summed E-state index contributed by atoms with van der Waals surface area (Å²) in [6, 6.07) is 9.30. The van der Waals surface area contributed by atoms with E-state index in [1.807, 2.05) is 29.7 Å². The molecule has 5 rings (SSSR count). The lowest BCUT2D eigenvalue weighted by atomic mass is 10.2. The smallest absolute Gasteiger partial charge is 0.245 e. The summed E-state index contributed by atoms with van der Waals surface area (Å²) in [4.78, 5) is 29.5. The Morgan fingerprint density at radius 2 is 2.05 bits per heavy atom. The highest BCUT2D eigenvalue weighted by molar-refractivity contribution is 6.33. The van der Waals surface area contributed by atoms with Crippen molar-refractivity contribution in [1.82, 2.24) is 29.8 Å². The standard InChI is InChI=1S/C26H27ClN6O4/c1-16-5-8-28-17(11-16)13-33-23(32-22-24(33)30-15-31-25(22)37-26(2)6-7-26)19-4-3-18(12-20(19)27)36-10-9-29-21(35)14-34/h3-5,8,11-12,15,34H,6-7,9-10,13-14H2,1-2H3,(H,29,35). The van der Waals surface area contributed by atoms with Crippen molar-refractivity contribution in [2.24, 2.45) is 0 Å². The number of aliphatic hydroxyl groups is 1. The van der Waals surface area contributed by atoms with Crippen LogP contribution in [0, 0.1) is 6.92 Å². The number of ether oxygens (including phenoxy) is 2. The fraction of sp³-hybridized carbons (Fsp3) is 0.346. The summed E-state index contributed by atoms with van der Waals surface area (Å²) < 4.78 is 13.8. The molecule has 0 aliphatic heterocycles. The molecule has 192 valence electrons. The van der Waals surface area contributed by atoms with E-state index in [0.717, 1.165) is 24.1 Å². The summed E-state index contributed by atoms with van der Waals surface area (Å²) in [7, 11) is 0. The van der Waals surface area contributed by atoms with E-state index in [1.165, 1.54) is 6.33 Å². The van der Waals surface area contributed by atoms with E-state index in [-0.39, 0.29) is 18.8 Å². The molecule has 4 aromatic rings. The summed E-state index contributed by atoms with van der Waals surface area (Å²) in [6.45, 7) is 4.44. The number of fused-ring (bicyclic) bond motifs is 1. The first-order valence-electron chi connectivity index (χ1n) is 12.0. The second kappa shape index (κ2) is 10.3. The molecular formula is C26H27ClN6O4. The van der Waals surface area contributed by atoms with Crippen molar-refractivity contribution in [2.75, 3.05) is 19.8 Å². The molecule has 10 nitrogen and oxygen atoms in total. The molecule has 0 radical (unpaired) electrons. The van der Waals surface area contributed by atoms with Crippen LogP contribution in [0.4, 0.5) is 0 Å². The minimum atomic E-state index is -0.560. The first kappa shape index (κ1) is 24.9. The highest BCUT2D eigenvalue weighted by Crippen LogP contribution is 2.41. The molecule has 1 aliphatic rings. The molecule has 0 bridgehead atoms. The Hall–Kier alpha value is -3.76. The van der Waals surface area contributed by atoms with E-state index in [4.69, 9.17) is 31.2 Å². The number of amides is 1. The van der Waals surface area contributed by atoms with Crippen LogP contribution in [-0.4, -0.2) is 60.9 Å². The van der Waals surface area contributed by atoms with Crippen molar-refractivity contribution in [3.05, 3.63) is 59.1 Å². The van der Waals surface area contributed by atoms with E-state index in [0.29, 0.717) is 45.7 Å². The summed E-state index contributed by atoms with van der Waals surface area (Å²) >= 11 is 6.71. The van der Waals surface area contributed by atoms with Crippen molar-refractivity contribution in [1.29, 1.82) is 0 Å². The number of aryl methyl sites for hydroxylation is 1. The Bertz CT molecular complexity index is 1450. The molecule has 1 amide bonds. The number of pyridine rings is 1. The number of benzene rings is 1. The van der Waals surface area contributed by atoms with Crippen LogP contribution in [0.15, 0.2) is 42.9 Å². The Morgan fingerprint density at radius 3 is 2.78 bits per heavy atom. The van der Waals surface area contributed by atoms with Gasteiger partial charge in [0.2, 0.25) is 11.8 Å². The number of nitrogens with one attached hydrogen (secondary N) is 1. The van der Waals surface area contributed by atoms with Crippen LogP contribution < -0.4 is 14.8 Å². The summed E-state index contributed by atoms with van der Waals surface area (Å²) in [5.74, 6) is 1.14. The number of hydrogen-bond acceptors (Lipinski definition) is 8. The number of rotatable bonds is 10.